The van der Waals surface area contributed by atoms with Gasteiger partial charge in [-0.1, -0.05) is 28.9 Å². The van der Waals surface area contributed by atoms with Gasteiger partial charge in [-0.2, -0.15) is 0 Å². The molecule has 20 heavy (non-hydrogen) atoms. The molecule has 0 aromatic carbocycles. The Bertz CT molecular complexity index is 575. The third-order valence-corrected chi connectivity index (χ3v) is 6.01. The summed E-state index contributed by atoms with van der Waals surface area (Å²) in [5, 5.41) is 23.8. The molecule has 108 valence electrons. The van der Waals surface area contributed by atoms with E-state index in [1.165, 1.54) is 7.05 Å². The molecule has 1 fully saturated rings. The van der Waals surface area contributed by atoms with Crippen LogP contribution in [0.3, 0.4) is 0 Å². The summed E-state index contributed by atoms with van der Waals surface area (Å²) in [5.41, 5.74) is 2.57. The Hall–Kier alpha value is -0.910. The molecule has 2 aliphatic rings. The largest absolute Gasteiger partial charge is 0.758 e. The van der Waals surface area contributed by atoms with Crippen LogP contribution in [-0.2, 0) is 0 Å². The van der Waals surface area contributed by atoms with Gasteiger partial charge in [0.1, 0.15) is 0 Å². The lowest BCUT2D eigenvalue weighted by molar-refractivity contribution is 0.119. The van der Waals surface area contributed by atoms with Crippen LogP contribution < -0.4 is 5.06 Å². The zero-order valence-electron chi connectivity index (χ0n) is 11.6. The van der Waals surface area contributed by atoms with Crippen molar-refractivity contribution in [3.05, 3.63) is 35.3 Å². The fourth-order valence-electron chi connectivity index (χ4n) is 3.56. The Labute approximate surface area is 127 Å². The number of halogens is 1. The van der Waals surface area contributed by atoms with E-state index in [0.717, 1.165) is 34.4 Å². The maximum absolute atomic E-state index is 11.7. The first-order valence-electron chi connectivity index (χ1n) is 6.73. The minimum atomic E-state index is -0.464. The van der Waals surface area contributed by atoms with Crippen LogP contribution in [-0.4, -0.2) is 28.6 Å². The summed E-state index contributed by atoms with van der Waals surface area (Å²) >= 11 is 3.54. The number of pyridine rings is 1. The number of nitrogens with zero attached hydrogens (tertiary/aromatic N) is 2. The normalized spacial score (nSPS) is 35.2. The maximum atomic E-state index is 11.7. The standard InChI is InChI=1S/C15H18BrN2O2/c1-14-6-10(5-13(19)15(14,8-14)9-16)11-3-4-17-7-12(11)18(2)20/h3-5,7,13,19H,6,8-9H2,1-2H3/q-1/t13-,14+,15-/m1/s1. The second kappa shape index (κ2) is 4.55. The Balaban J connectivity index is 2.01. The number of allylic oxidation sites excluding steroid dienone is 1. The lowest BCUT2D eigenvalue weighted by Gasteiger charge is -2.33. The van der Waals surface area contributed by atoms with E-state index in [4.69, 9.17) is 0 Å². The summed E-state index contributed by atoms with van der Waals surface area (Å²) in [5.74, 6) is 0. The fraction of sp³-hybridized carbons (Fsp3) is 0.533. The predicted molar refractivity (Wildman–Crippen MR) is 83.6 cm³/mol. The molecule has 0 unspecified atom stereocenters. The summed E-state index contributed by atoms with van der Waals surface area (Å²) in [6.45, 7) is 2.21. The molecule has 1 aromatic heterocycles. The van der Waals surface area contributed by atoms with Crippen molar-refractivity contribution in [2.75, 3.05) is 17.4 Å². The van der Waals surface area contributed by atoms with Gasteiger partial charge in [0.2, 0.25) is 0 Å². The van der Waals surface area contributed by atoms with E-state index in [9.17, 15) is 10.3 Å². The van der Waals surface area contributed by atoms with E-state index in [2.05, 4.69) is 27.8 Å². The average molecular weight is 338 g/mol. The van der Waals surface area contributed by atoms with Gasteiger partial charge in [-0.05, 0) is 36.9 Å². The highest BCUT2D eigenvalue weighted by molar-refractivity contribution is 9.09. The van der Waals surface area contributed by atoms with Crippen LogP contribution in [0.2, 0.25) is 0 Å². The summed E-state index contributed by atoms with van der Waals surface area (Å²) < 4.78 is 0. The van der Waals surface area contributed by atoms with E-state index in [0.29, 0.717) is 5.69 Å². The van der Waals surface area contributed by atoms with Gasteiger partial charge in [0.05, 0.1) is 11.8 Å². The van der Waals surface area contributed by atoms with Gasteiger partial charge in [0.15, 0.2) is 0 Å². The van der Waals surface area contributed by atoms with Gasteiger partial charge < -0.3 is 15.4 Å². The lowest BCUT2D eigenvalue weighted by Crippen LogP contribution is -2.31. The molecule has 0 amide bonds. The highest BCUT2D eigenvalue weighted by atomic mass is 79.9. The minimum Gasteiger partial charge on any atom is -0.758 e. The maximum Gasteiger partial charge on any atom is 0.0796 e. The number of hydrogen-bond acceptors (Lipinski definition) is 4. The Morgan fingerprint density at radius 3 is 2.95 bits per heavy atom. The van der Waals surface area contributed by atoms with Crippen LogP contribution >= 0.6 is 15.9 Å². The monoisotopic (exact) mass is 337 g/mol. The summed E-state index contributed by atoms with van der Waals surface area (Å²) in [6.07, 6.45) is 6.63. The molecule has 1 saturated carbocycles. The summed E-state index contributed by atoms with van der Waals surface area (Å²) in [7, 11) is 1.47. The van der Waals surface area contributed by atoms with Gasteiger partial charge in [0, 0.05) is 28.7 Å². The fourth-order valence-corrected chi connectivity index (χ4v) is 4.77. The zero-order valence-corrected chi connectivity index (χ0v) is 13.2. The molecule has 3 rings (SSSR count). The number of aliphatic hydroxyl groups is 1. The molecule has 1 N–H and O–H groups in total. The first kappa shape index (κ1) is 14.0. The number of rotatable bonds is 3. The predicted octanol–water partition coefficient (Wildman–Crippen LogP) is 2.95. The number of hydroxylamine groups is 1. The molecule has 0 bridgehead atoms. The number of aromatic nitrogens is 1. The van der Waals surface area contributed by atoms with Crippen LogP contribution in [0.4, 0.5) is 5.69 Å². The SMILES string of the molecule is CN([O-])c1cnccc1C1=C[C@@H](O)[C@]2(CBr)C[C@]2(C)C1. The average Bonchev–Trinajstić information content (AvgIpc) is 3.06. The van der Waals surface area contributed by atoms with Crippen molar-refractivity contribution < 1.29 is 5.11 Å². The molecule has 4 nitrogen and oxygen atoms in total. The van der Waals surface area contributed by atoms with Crippen molar-refractivity contribution in [2.45, 2.75) is 25.9 Å². The molecule has 1 aromatic rings. The number of anilines is 1. The quantitative estimate of drug-likeness (QED) is 0.680. The van der Waals surface area contributed by atoms with Crippen LogP contribution in [0.15, 0.2) is 24.5 Å². The molecular weight excluding hydrogens is 320 g/mol. The smallest absolute Gasteiger partial charge is 0.0796 e. The highest BCUT2D eigenvalue weighted by Gasteiger charge is 2.68. The van der Waals surface area contributed by atoms with E-state index >= 15 is 0 Å². The van der Waals surface area contributed by atoms with Gasteiger partial charge in [-0.15, -0.1) is 0 Å². The van der Waals surface area contributed by atoms with Gasteiger partial charge >= 0.3 is 0 Å². The summed E-state index contributed by atoms with van der Waals surface area (Å²) in [4.78, 5) is 4.02. The van der Waals surface area contributed by atoms with E-state index in [1.54, 1.807) is 12.4 Å². The Morgan fingerprint density at radius 1 is 1.60 bits per heavy atom. The van der Waals surface area contributed by atoms with Gasteiger partial charge in [-0.25, -0.2) is 0 Å². The molecule has 0 radical (unpaired) electrons. The third kappa shape index (κ3) is 1.84. The molecule has 5 heteroatoms. The first-order valence-corrected chi connectivity index (χ1v) is 7.86. The van der Waals surface area contributed by atoms with Crippen LogP contribution in [0.25, 0.3) is 5.57 Å². The topological polar surface area (TPSA) is 59.4 Å². The number of aliphatic hydroxyl groups excluding tert-OH is 1. The van der Waals surface area contributed by atoms with Crippen molar-refractivity contribution in [2.24, 2.45) is 10.8 Å². The van der Waals surface area contributed by atoms with Gasteiger partial charge in [-0.3, -0.25) is 4.98 Å². The van der Waals surface area contributed by atoms with Crippen molar-refractivity contribution in [3.8, 4) is 0 Å². The van der Waals surface area contributed by atoms with Crippen LogP contribution in [0, 0.1) is 16.0 Å². The van der Waals surface area contributed by atoms with Gasteiger partial charge in [0.25, 0.3) is 0 Å². The van der Waals surface area contributed by atoms with Crippen molar-refractivity contribution in [3.63, 3.8) is 0 Å². The van der Waals surface area contributed by atoms with Crippen molar-refractivity contribution in [1.82, 2.24) is 4.98 Å². The number of alkyl halides is 1. The highest BCUT2D eigenvalue weighted by Crippen LogP contribution is 2.72. The molecular formula is C15H18BrN2O2-. The number of hydrogen-bond donors (Lipinski definition) is 1. The molecule has 0 saturated heterocycles. The molecule has 1 heterocycles. The van der Waals surface area contributed by atoms with E-state index in [1.807, 2.05) is 12.1 Å². The number of fused-ring (bicyclic) bond motifs is 1. The Kier molecular flexibility index (Phi) is 3.19. The van der Waals surface area contributed by atoms with E-state index < -0.39 is 6.10 Å². The molecule has 2 aliphatic carbocycles. The minimum absolute atomic E-state index is 0.0347. The molecule has 3 atom stereocenters. The molecule has 0 spiro atoms. The van der Waals surface area contributed by atoms with E-state index in [-0.39, 0.29) is 10.8 Å². The Morgan fingerprint density at radius 2 is 2.35 bits per heavy atom. The van der Waals surface area contributed by atoms with Crippen molar-refractivity contribution >= 4 is 27.2 Å². The molecule has 0 aliphatic heterocycles. The van der Waals surface area contributed by atoms with Crippen LogP contribution in [0.5, 0.6) is 0 Å². The zero-order chi connectivity index (χ0) is 14.5. The van der Waals surface area contributed by atoms with Crippen molar-refractivity contribution in [1.29, 1.82) is 0 Å². The second-order valence-electron chi connectivity index (χ2n) is 6.23. The van der Waals surface area contributed by atoms with Crippen LogP contribution in [0.1, 0.15) is 25.3 Å². The second-order valence-corrected chi connectivity index (χ2v) is 6.79. The lowest BCUT2D eigenvalue weighted by atomic mass is 9.78. The third-order valence-electron chi connectivity index (χ3n) is 5.01. The first-order chi connectivity index (χ1) is 9.43. The summed E-state index contributed by atoms with van der Waals surface area (Å²) in [6, 6.07) is 1.86.